The molecule has 0 spiro atoms. The molecule has 0 aliphatic carbocycles. The summed E-state index contributed by atoms with van der Waals surface area (Å²) in [4.78, 5) is 11.2. The summed E-state index contributed by atoms with van der Waals surface area (Å²) in [6.45, 7) is 4.00. The number of nitrogens with two attached hydrogens (primary N) is 1. The molecule has 1 amide bonds. The van der Waals surface area contributed by atoms with Gasteiger partial charge < -0.3 is 5.73 Å². The Hall–Kier alpha value is -1.68. The summed E-state index contributed by atoms with van der Waals surface area (Å²) in [5.74, 6) is -0.760. The van der Waals surface area contributed by atoms with Crippen LogP contribution >= 0.6 is 15.9 Å². The van der Waals surface area contributed by atoms with Gasteiger partial charge in [-0.25, -0.2) is 4.39 Å². The first-order chi connectivity index (χ1) is 9.61. The lowest BCUT2D eigenvalue weighted by atomic mass is 9.98. The van der Waals surface area contributed by atoms with Gasteiger partial charge in [0.25, 0.3) is 0 Å². The molecular formula is C16H17BrFNO. The Morgan fingerprint density at radius 3 is 2.25 bits per heavy atom. The Labute approximate surface area is 126 Å². The Balaban J connectivity index is 0.000000956. The molecule has 0 bridgehead atoms. The van der Waals surface area contributed by atoms with Gasteiger partial charge in [0.15, 0.2) is 0 Å². The Kier molecular flexibility index (Phi) is 6.39. The topological polar surface area (TPSA) is 43.1 Å². The molecule has 0 radical (unpaired) electrons. The molecular weight excluding hydrogens is 321 g/mol. The average molecular weight is 338 g/mol. The molecule has 0 saturated heterocycles. The van der Waals surface area contributed by atoms with E-state index in [-0.39, 0.29) is 5.82 Å². The maximum atomic E-state index is 12.9. The summed E-state index contributed by atoms with van der Waals surface area (Å²) in [7, 11) is 0. The highest BCUT2D eigenvalue weighted by Crippen LogP contribution is 2.27. The molecule has 4 heteroatoms. The van der Waals surface area contributed by atoms with Gasteiger partial charge in [0.2, 0.25) is 5.91 Å². The quantitative estimate of drug-likeness (QED) is 0.822. The van der Waals surface area contributed by atoms with Crippen LogP contribution in [-0.4, -0.2) is 5.91 Å². The van der Waals surface area contributed by atoms with Gasteiger partial charge in [0, 0.05) is 10.9 Å². The van der Waals surface area contributed by atoms with Crippen molar-refractivity contribution in [1.82, 2.24) is 0 Å². The third-order valence-electron chi connectivity index (χ3n) is 2.69. The molecule has 2 rings (SSSR count). The number of carbonyl (C=O) groups excluding carboxylic acids is 1. The molecule has 0 saturated carbocycles. The number of hydrogen-bond donors (Lipinski definition) is 1. The average Bonchev–Trinajstić information content (AvgIpc) is 2.49. The second kappa shape index (κ2) is 7.80. The lowest BCUT2D eigenvalue weighted by molar-refractivity contribution is 0.100. The van der Waals surface area contributed by atoms with Crippen LogP contribution in [0.25, 0.3) is 11.1 Å². The number of benzene rings is 2. The van der Waals surface area contributed by atoms with Crippen LogP contribution in [0, 0.1) is 5.82 Å². The van der Waals surface area contributed by atoms with Gasteiger partial charge in [0.1, 0.15) is 5.82 Å². The van der Waals surface area contributed by atoms with E-state index in [1.54, 1.807) is 24.3 Å². The normalized spacial score (nSPS) is 9.60. The van der Waals surface area contributed by atoms with Gasteiger partial charge in [-0.3, -0.25) is 4.79 Å². The molecule has 20 heavy (non-hydrogen) atoms. The van der Waals surface area contributed by atoms with Crippen molar-refractivity contribution in [2.45, 2.75) is 19.2 Å². The minimum atomic E-state index is -0.473. The number of primary amides is 1. The van der Waals surface area contributed by atoms with Gasteiger partial charge in [-0.05, 0) is 41.0 Å². The molecule has 0 atom stereocenters. The molecule has 0 aromatic heterocycles. The predicted octanol–water partition coefficient (Wildman–Crippen LogP) is 4.51. The zero-order chi connectivity index (χ0) is 15.1. The molecule has 2 N–H and O–H groups in total. The smallest absolute Gasteiger partial charge is 0.248 e. The second-order valence-electron chi connectivity index (χ2n) is 3.88. The Morgan fingerprint density at radius 2 is 1.75 bits per heavy atom. The Morgan fingerprint density at radius 1 is 1.15 bits per heavy atom. The number of halogens is 2. The fourth-order valence-corrected chi connectivity index (χ4v) is 2.23. The molecule has 0 aliphatic rings. The maximum Gasteiger partial charge on any atom is 0.248 e. The predicted molar refractivity (Wildman–Crippen MR) is 84.3 cm³/mol. The van der Waals surface area contributed by atoms with Crippen LogP contribution in [0.4, 0.5) is 4.39 Å². The fraction of sp³-hybridized carbons (Fsp3) is 0.188. The van der Waals surface area contributed by atoms with E-state index >= 15 is 0 Å². The van der Waals surface area contributed by atoms with Crippen molar-refractivity contribution in [2.24, 2.45) is 5.73 Å². The summed E-state index contributed by atoms with van der Waals surface area (Å²) >= 11 is 3.39. The first kappa shape index (κ1) is 16.4. The monoisotopic (exact) mass is 337 g/mol. The fourth-order valence-electron chi connectivity index (χ4n) is 1.74. The molecule has 2 aromatic rings. The van der Waals surface area contributed by atoms with Crippen LogP contribution in [0.3, 0.4) is 0 Å². The minimum Gasteiger partial charge on any atom is -0.366 e. The molecule has 0 heterocycles. The second-order valence-corrected chi connectivity index (χ2v) is 4.44. The van der Waals surface area contributed by atoms with E-state index in [0.29, 0.717) is 10.9 Å². The highest BCUT2D eigenvalue weighted by molar-refractivity contribution is 9.08. The van der Waals surface area contributed by atoms with Crippen LogP contribution < -0.4 is 5.73 Å². The van der Waals surface area contributed by atoms with E-state index in [0.717, 1.165) is 16.7 Å². The summed E-state index contributed by atoms with van der Waals surface area (Å²) in [6.07, 6.45) is 0. The van der Waals surface area contributed by atoms with Crippen molar-refractivity contribution in [1.29, 1.82) is 0 Å². The Bertz CT molecular complexity index is 582. The van der Waals surface area contributed by atoms with E-state index in [1.165, 1.54) is 12.1 Å². The van der Waals surface area contributed by atoms with Gasteiger partial charge in [-0.2, -0.15) is 0 Å². The van der Waals surface area contributed by atoms with Gasteiger partial charge in [0.05, 0.1) is 0 Å². The zero-order valence-corrected chi connectivity index (χ0v) is 13.1. The van der Waals surface area contributed by atoms with E-state index < -0.39 is 5.91 Å². The van der Waals surface area contributed by atoms with E-state index in [4.69, 9.17) is 5.73 Å². The van der Waals surface area contributed by atoms with E-state index in [1.807, 2.05) is 19.9 Å². The first-order valence-electron chi connectivity index (χ1n) is 6.36. The van der Waals surface area contributed by atoms with Gasteiger partial charge >= 0.3 is 0 Å². The highest BCUT2D eigenvalue weighted by Gasteiger charge is 2.08. The molecule has 0 aliphatic heterocycles. The third-order valence-corrected chi connectivity index (χ3v) is 3.30. The molecule has 0 fully saturated rings. The lowest BCUT2D eigenvalue weighted by Crippen LogP contribution is -2.11. The van der Waals surface area contributed by atoms with E-state index in [9.17, 15) is 9.18 Å². The number of rotatable bonds is 3. The summed E-state index contributed by atoms with van der Waals surface area (Å²) in [5, 5.41) is 0.652. The standard InChI is InChI=1S/C14H11BrFNO.C2H6/c15-8-11-2-1-10(14(17)18)7-13(11)9-3-5-12(16)6-4-9;1-2/h1-7H,8H2,(H2,17,18);1-2H3. The van der Waals surface area contributed by atoms with Gasteiger partial charge in [-0.1, -0.05) is 48.0 Å². The highest BCUT2D eigenvalue weighted by atomic mass is 79.9. The van der Waals surface area contributed by atoms with Gasteiger partial charge in [-0.15, -0.1) is 0 Å². The number of carbonyl (C=O) groups is 1. The van der Waals surface area contributed by atoms with Crippen molar-refractivity contribution in [2.75, 3.05) is 0 Å². The van der Waals surface area contributed by atoms with Crippen LogP contribution in [0.2, 0.25) is 0 Å². The van der Waals surface area contributed by atoms with Crippen molar-refractivity contribution >= 4 is 21.8 Å². The van der Waals surface area contributed by atoms with Crippen molar-refractivity contribution in [3.05, 3.63) is 59.4 Å². The number of hydrogen-bond acceptors (Lipinski definition) is 1. The third kappa shape index (κ3) is 3.90. The van der Waals surface area contributed by atoms with Crippen LogP contribution in [0.5, 0.6) is 0 Å². The van der Waals surface area contributed by atoms with Crippen molar-refractivity contribution in [3.63, 3.8) is 0 Å². The maximum absolute atomic E-state index is 12.9. The summed E-state index contributed by atoms with van der Waals surface area (Å²) < 4.78 is 12.9. The zero-order valence-electron chi connectivity index (χ0n) is 11.5. The van der Waals surface area contributed by atoms with Crippen LogP contribution in [0.1, 0.15) is 29.8 Å². The summed E-state index contributed by atoms with van der Waals surface area (Å²) in [5.41, 5.74) is 8.46. The largest absolute Gasteiger partial charge is 0.366 e. The van der Waals surface area contributed by atoms with Crippen LogP contribution in [0.15, 0.2) is 42.5 Å². The molecule has 0 unspecified atom stereocenters. The number of alkyl halides is 1. The summed E-state index contributed by atoms with van der Waals surface area (Å²) in [6, 6.07) is 11.4. The molecule has 2 aromatic carbocycles. The van der Waals surface area contributed by atoms with Crippen LogP contribution in [-0.2, 0) is 5.33 Å². The van der Waals surface area contributed by atoms with Crippen molar-refractivity contribution in [3.8, 4) is 11.1 Å². The molecule has 106 valence electrons. The first-order valence-corrected chi connectivity index (χ1v) is 7.48. The molecule has 2 nitrogen and oxygen atoms in total. The lowest BCUT2D eigenvalue weighted by Gasteiger charge is -2.09. The van der Waals surface area contributed by atoms with E-state index in [2.05, 4.69) is 15.9 Å². The minimum absolute atomic E-state index is 0.287. The SMILES string of the molecule is CC.NC(=O)c1ccc(CBr)c(-c2ccc(F)cc2)c1. The number of amides is 1. The van der Waals surface area contributed by atoms with Crippen molar-refractivity contribution < 1.29 is 9.18 Å².